The first kappa shape index (κ1) is 23.7. The number of urea groups is 1. The maximum atomic E-state index is 13.5. The van der Waals surface area contributed by atoms with Gasteiger partial charge < -0.3 is 9.64 Å². The van der Waals surface area contributed by atoms with Gasteiger partial charge in [0, 0.05) is 18.9 Å². The molecule has 1 N–H and O–H groups in total. The largest absolute Gasteiger partial charge is 0.497 e. The van der Waals surface area contributed by atoms with E-state index in [-0.39, 0.29) is 18.1 Å². The van der Waals surface area contributed by atoms with Crippen molar-refractivity contribution in [1.29, 1.82) is 0 Å². The number of nitrogens with zero attached hydrogens (tertiary/aromatic N) is 3. The Labute approximate surface area is 198 Å². The smallest absolute Gasteiger partial charge is 0.335 e. The van der Waals surface area contributed by atoms with Crippen molar-refractivity contribution in [3.8, 4) is 5.75 Å². The van der Waals surface area contributed by atoms with Crippen LogP contribution < -0.4 is 9.57 Å². The van der Waals surface area contributed by atoms with E-state index in [0.717, 1.165) is 21.9 Å². The first-order chi connectivity index (χ1) is 16.3. The Kier molecular flexibility index (Phi) is 7.09. The number of carbonyl (C=O) groups excluding carboxylic acids is 1. The van der Waals surface area contributed by atoms with E-state index in [1.54, 1.807) is 42.5 Å². The lowest BCUT2D eigenvalue weighted by Crippen LogP contribution is -2.45. The third-order valence-corrected chi connectivity index (χ3v) is 6.80. The summed E-state index contributed by atoms with van der Waals surface area (Å²) in [6.07, 6.45) is 3.58. The number of hydrazine groups is 1. The molecule has 1 aliphatic rings. The highest BCUT2D eigenvalue weighted by Gasteiger charge is 2.39. The summed E-state index contributed by atoms with van der Waals surface area (Å²) in [5.41, 5.74) is 2.23. The predicted octanol–water partition coefficient (Wildman–Crippen LogP) is 3.29. The van der Waals surface area contributed by atoms with Crippen LogP contribution in [0, 0.1) is 5.82 Å². The molecular formula is C24H25FN4O4S. The minimum Gasteiger partial charge on any atom is -0.497 e. The summed E-state index contributed by atoms with van der Waals surface area (Å²) in [6.45, 7) is 0.452. The summed E-state index contributed by atoms with van der Waals surface area (Å²) in [6, 6.07) is 15.8. The lowest BCUT2D eigenvalue weighted by molar-refractivity contribution is 0.182. The van der Waals surface area contributed by atoms with Crippen LogP contribution in [0.25, 0.3) is 0 Å². The molecule has 10 heteroatoms. The van der Waals surface area contributed by atoms with E-state index in [0.29, 0.717) is 18.5 Å². The Morgan fingerprint density at radius 2 is 1.82 bits per heavy atom. The van der Waals surface area contributed by atoms with E-state index >= 15 is 0 Å². The second kappa shape index (κ2) is 10.2. The van der Waals surface area contributed by atoms with Crippen LogP contribution in [0.3, 0.4) is 0 Å². The Morgan fingerprint density at radius 1 is 1.09 bits per heavy atom. The molecule has 2 amide bonds. The molecule has 178 valence electrons. The van der Waals surface area contributed by atoms with Gasteiger partial charge in [0.2, 0.25) is 10.0 Å². The summed E-state index contributed by atoms with van der Waals surface area (Å²) in [5.74, 6) is 0.0452. The normalized spacial score (nSPS) is 16.2. The number of halogens is 1. The van der Waals surface area contributed by atoms with E-state index in [1.807, 2.05) is 24.3 Å². The first-order valence-corrected chi connectivity index (χ1v) is 12.4. The first-order valence-electron chi connectivity index (χ1n) is 10.7. The van der Waals surface area contributed by atoms with Crippen LogP contribution in [0.5, 0.6) is 5.75 Å². The van der Waals surface area contributed by atoms with Crippen LogP contribution >= 0.6 is 0 Å². The molecule has 1 aromatic heterocycles. The third-order valence-electron chi connectivity index (χ3n) is 5.59. The molecule has 8 nitrogen and oxygen atoms in total. The molecule has 0 bridgehead atoms. The van der Waals surface area contributed by atoms with Crippen LogP contribution in [0.4, 0.5) is 9.18 Å². The van der Waals surface area contributed by atoms with E-state index in [1.165, 1.54) is 18.3 Å². The fraction of sp³-hybridized carbons (Fsp3) is 0.250. The molecule has 3 aromatic rings. The topological polar surface area (TPSA) is 91.8 Å². The number of rotatable bonds is 9. The minimum absolute atomic E-state index is 0.0966. The number of hydrogen-bond acceptors (Lipinski definition) is 5. The van der Waals surface area contributed by atoms with E-state index in [9.17, 15) is 17.6 Å². The average Bonchev–Trinajstić information content (AvgIpc) is 3.13. The van der Waals surface area contributed by atoms with Gasteiger partial charge in [-0.05, 0) is 53.4 Å². The monoisotopic (exact) mass is 484 g/mol. The highest BCUT2D eigenvalue weighted by Crippen LogP contribution is 2.29. The predicted molar refractivity (Wildman–Crippen MR) is 125 cm³/mol. The van der Waals surface area contributed by atoms with E-state index in [2.05, 4.69) is 9.82 Å². The lowest BCUT2D eigenvalue weighted by atomic mass is 10.1. The second-order valence-electron chi connectivity index (χ2n) is 7.96. The molecular weight excluding hydrogens is 459 g/mol. The van der Waals surface area contributed by atoms with Gasteiger partial charge in [-0.1, -0.05) is 30.3 Å². The molecule has 4 rings (SSSR count). The SMILES string of the molecule is COc1ccc(CCN2C(=O)N(NS(=O)(=O)Cc3cccnc3)CC2c2ccc(F)cc2)cc1. The van der Waals surface area contributed by atoms with Crippen LogP contribution in [-0.4, -0.2) is 49.5 Å². The van der Waals surface area contributed by atoms with Crippen molar-refractivity contribution >= 4 is 16.1 Å². The molecule has 34 heavy (non-hydrogen) atoms. The Bertz CT molecular complexity index is 1220. The van der Waals surface area contributed by atoms with Gasteiger partial charge in [0.1, 0.15) is 11.6 Å². The van der Waals surface area contributed by atoms with Crippen molar-refractivity contribution in [3.63, 3.8) is 0 Å². The van der Waals surface area contributed by atoms with Crippen molar-refractivity contribution in [2.75, 3.05) is 20.2 Å². The fourth-order valence-electron chi connectivity index (χ4n) is 3.88. The summed E-state index contributed by atoms with van der Waals surface area (Å²) in [5, 5.41) is 1.10. The molecule has 0 saturated carbocycles. The van der Waals surface area contributed by atoms with Gasteiger partial charge in [-0.15, -0.1) is 4.83 Å². The number of ether oxygens (including phenoxy) is 1. The lowest BCUT2D eigenvalue weighted by Gasteiger charge is -2.23. The third kappa shape index (κ3) is 5.70. The zero-order chi connectivity index (χ0) is 24.1. The fourth-order valence-corrected chi connectivity index (χ4v) is 5.04. The van der Waals surface area contributed by atoms with Gasteiger partial charge in [0.15, 0.2) is 0 Å². The average molecular weight is 485 g/mol. The number of hydrogen-bond donors (Lipinski definition) is 1. The van der Waals surface area contributed by atoms with Crippen molar-refractivity contribution < 1.29 is 22.3 Å². The van der Waals surface area contributed by atoms with Crippen LogP contribution in [0.1, 0.15) is 22.7 Å². The van der Waals surface area contributed by atoms with E-state index < -0.39 is 22.1 Å². The van der Waals surface area contributed by atoms with Gasteiger partial charge in [-0.3, -0.25) is 4.98 Å². The number of amides is 2. The highest BCUT2D eigenvalue weighted by atomic mass is 32.2. The Hall–Kier alpha value is -3.50. The van der Waals surface area contributed by atoms with Gasteiger partial charge in [0.25, 0.3) is 0 Å². The molecule has 1 aliphatic heterocycles. The number of methoxy groups -OCH3 is 1. The summed E-state index contributed by atoms with van der Waals surface area (Å²) < 4.78 is 44.1. The molecule has 0 radical (unpaired) electrons. The van der Waals surface area contributed by atoms with E-state index in [4.69, 9.17) is 4.74 Å². The van der Waals surface area contributed by atoms with Crippen molar-refractivity contribution in [2.24, 2.45) is 0 Å². The molecule has 1 atom stereocenters. The molecule has 1 fully saturated rings. The summed E-state index contributed by atoms with van der Waals surface area (Å²) >= 11 is 0. The van der Waals surface area contributed by atoms with Crippen LogP contribution in [0.2, 0.25) is 0 Å². The molecule has 1 unspecified atom stereocenters. The van der Waals surface area contributed by atoms with Crippen molar-refractivity contribution in [3.05, 3.63) is 95.6 Å². The van der Waals surface area contributed by atoms with Crippen LogP contribution in [0.15, 0.2) is 73.1 Å². The van der Waals surface area contributed by atoms with Crippen LogP contribution in [-0.2, 0) is 22.2 Å². The van der Waals surface area contributed by atoms with Gasteiger partial charge >= 0.3 is 6.03 Å². The number of pyridine rings is 1. The van der Waals surface area contributed by atoms with Gasteiger partial charge in [-0.2, -0.15) is 0 Å². The summed E-state index contributed by atoms with van der Waals surface area (Å²) in [4.78, 5) is 21.2. The zero-order valence-corrected chi connectivity index (χ0v) is 19.4. The number of benzene rings is 2. The molecule has 0 aliphatic carbocycles. The van der Waals surface area contributed by atoms with Crippen molar-refractivity contribution in [1.82, 2.24) is 19.7 Å². The highest BCUT2D eigenvalue weighted by molar-refractivity contribution is 7.88. The minimum atomic E-state index is -3.85. The maximum absolute atomic E-state index is 13.5. The Morgan fingerprint density at radius 3 is 2.47 bits per heavy atom. The van der Waals surface area contributed by atoms with Gasteiger partial charge in [-0.25, -0.2) is 22.6 Å². The Balaban J connectivity index is 1.52. The maximum Gasteiger partial charge on any atom is 0.335 e. The van der Waals surface area contributed by atoms with Crippen molar-refractivity contribution in [2.45, 2.75) is 18.2 Å². The number of carbonyl (C=O) groups is 1. The molecule has 0 spiro atoms. The zero-order valence-electron chi connectivity index (χ0n) is 18.6. The molecule has 1 saturated heterocycles. The number of nitrogens with one attached hydrogen (secondary N) is 1. The second-order valence-corrected chi connectivity index (χ2v) is 9.66. The quantitative estimate of drug-likeness (QED) is 0.503. The summed E-state index contributed by atoms with van der Waals surface area (Å²) in [7, 11) is -2.25. The number of sulfonamides is 1. The molecule has 2 aromatic carbocycles. The number of aromatic nitrogens is 1. The van der Waals surface area contributed by atoms with Gasteiger partial charge in [0.05, 0.1) is 25.4 Å². The molecule has 2 heterocycles. The standard InChI is InChI=1S/C24H25FN4O4S/c1-33-22-10-4-18(5-11-22)12-14-28-23(20-6-8-21(25)9-7-20)16-29(24(28)30)27-34(31,32)17-19-3-2-13-26-15-19/h2-11,13,15,23,27H,12,14,16-17H2,1H3.